The van der Waals surface area contributed by atoms with E-state index in [-0.39, 0.29) is 29.6 Å². The molecule has 0 radical (unpaired) electrons. The molecule has 3 rings (SSSR count). The lowest BCUT2D eigenvalue weighted by Gasteiger charge is -2.25. The number of nitrogens with one attached hydrogen (secondary N) is 1. The molecular formula is C24H30ClN5O8. The lowest BCUT2D eigenvalue weighted by molar-refractivity contribution is -0.113. The first kappa shape index (κ1) is 30.5. The minimum Gasteiger partial charge on any atom is -0.478 e. The van der Waals surface area contributed by atoms with Crippen molar-refractivity contribution in [2.45, 2.75) is 24.4 Å². The quantitative estimate of drug-likeness (QED) is 0.110. The number of fused-ring (bicyclic) bond motifs is 1. The minimum absolute atomic E-state index is 0. The highest BCUT2D eigenvalue weighted by molar-refractivity contribution is 6.01. The molecule has 0 unspecified atom stereocenters. The number of carboxylic acids is 1. The Kier molecular flexibility index (Phi) is 10.2. The van der Waals surface area contributed by atoms with E-state index >= 15 is 0 Å². The lowest BCUT2D eigenvalue weighted by atomic mass is 9.98. The van der Waals surface area contributed by atoms with Crippen LogP contribution in [0.3, 0.4) is 0 Å². The Labute approximate surface area is 223 Å². The Hall–Kier alpha value is -3.72. The zero-order valence-corrected chi connectivity index (χ0v) is 21.0. The molecule has 1 aromatic heterocycles. The summed E-state index contributed by atoms with van der Waals surface area (Å²) < 4.78 is 1.57. The Bertz CT molecular complexity index is 1340. The van der Waals surface area contributed by atoms with Crippen molar-refractivity contribution in [3.63, 3.8) is 0 Å². The van der Waals surface area contributed by atoms with Crippen LogP contribution in [0.15, 0.2) is 47.5 Å². The number of guanidine groups is 1. The van der Waals surface area contributed by atoms with Crippen LogP contribution in [0, 0.1) is 0 Å². The van der Waals surface area contributed by atoms with Crippen LogP contribution in [0.25, 0.3) is 22.0 Å². The van der Waals surface area contributed by atoms with Crippen molar-refractivity contribution >= 4 is 46.8 Å². The van der Waals surface area contributed by atoms with Crippen molar-refractivity contribution in [2.24, 2.45) is 23.5 Å². The predicted molar refractivity (Wildman–Crippen MR) is 141 cm³/mol. The number of aliphatic hydroxyl groups is 5. The lowest BCUT2D eigenvalue weighted by Crippen LogP contribution is -2.49. The Balaban J connectivity index is 0.00000507. The number of carbonyl (C=O) groups is 2. The van der Waals surface area contributed by atoms with Gasteiger partial charge in [0.1, 0.15) is 24.0 Å². The number of amides is 1. The van der Waals surface area contributed by atoms with Crippen LogP contribution in [0.2, 0.25) is 0 Å². The summed E-state index contributed by atoms with van der Waals surface area (Å²) in [6.07, 6.45) is -6.90. The summed E-state index contributed by atoms with van der Waals surface area (Å²) >= 11 is 0. The molecular weight excluding hydrogens is 522 g/mol. The summed E-state index contributed by atoms with van der Waals surface area (Å²) in [4.78, 5) is 28.5. The number of hydrogen-bond donors (Lipinski definition) is 9. The normalized spacial score (nSPS) is 14.2. The number of benzene rings is 2. The van der Waals surface area contributed by atoms with Gasteiger partial charge in [0.25, 0.3) is 5.91 Å². The van der Waals surface area contributed by atoms with E-state index in [0.29, 0.717) is 27.7 Å². The molecule has 2 aromatic carbocycles. The first-order chi connectivity index (χ1) is 17.4. The molecule has 0 fully saturated rings. The SMILES string of the molecule is Cl.Cn1c(C(=O)NC[C@H](O)[C@@H](O)[C@H](O)[C@H](O)CO)cc2ccc(-c3cc(N=C(N)N)ccc3C(=O)O)cc21. The van der Waals surface area contributed by atoms with Gasteiger partial charge in [-0.1, -0.05) is 12.1 Å². The number of halogens is 1. The van der Waals surface area contributed by atoms with E-state index < -0.39 is 49.4 Å². The molecule has 1 amide bonds. The minimum atomic E-state index is -1.81. The van der Waals surface area contributed by atoms with Crippen LogP contribution >= 0.6 is 12.4 Å². The number of carbonyl (C=O) groups excluding carboxylic acids is 1. The molecule has 3 aromatic rings. The third-order valence-electron chi connectivity index (χ3n) is 5.88. The molecule has 0 bridgehead atoms. The van der Waals surface area contributed by atoms with Crippen molar-refractivity contribution < 1.29 is 40.2 Å². The summed E-state index contributed by atoms with van der Waals surface area (Å²) in [5.74, 6) is -1.92. The molecule has 1 heterocycles. The number of aliphatic imine (C=N–C) groups is 1. The van der Waals surface area contributed by atoms with E-state index in [0.717, 1.165) is 0 Å². The van der Waals surface area contributed by atoms with Crippen molar-refractivity contribution in [3.8, 4) is 11.1 Å². The Morgan fingerprint density at radius 2 is 1.66 bits per heavy atom. The second-order valence-electron chi connectivity index (χ2n) is 8.44. The summed E-state index contributed by atoms with van der Waals surface area (Å²) in [6, 6.07) is 11.1. The van der Waals surface area contributed by atoms with Crippen molar-refractivity contribution in [1.29, 1.82) is 0 Å². The largest absolute Gasteiger partial charge is 0.478 e. The van der Waals surface area contributed by atoms with Gasteiger partial charge in [0.2, 0.25) is 0 Å². The summed E-state index contributed by atoms with van der Waals surface area (Å²) in [5.41, 5.74) is 13.0. The number of hydrogen-bond acceptors (Lipinski definition) is 8. The van der Waals surface area contributed by atoms with Gasteiger partial charge in [0.15, 0.2) is 5.96 Å². The Morgan fingerprint density at radius 3 is 2.26 bits per heavy atom. The molecule has 38 heavy (non-hydrogen) atoms. The second-order valence-corrected chi connectivity index (χ2v) is 8.44. The molecule has 0 aliphatic heterocycles. The molecule has 0 spiro atoms. The van der Waals surface area contributed by atoms with Gasteiger partial charge in [0.05, 0.1) is 24.0 Å². The fraction of sp³-hybridized carbons (Fsp3) is 0.292. The number of aromatic carboxylic acids is 1. The molecule has 0 saturated heterocycles. The van der Waals surface area contributed by atoms with E-state index in [4.69, 9.17) is 16.6 Å². The monoisotopic (exact) mass is 551 g/mol. The van der Waals surface area contributed by atoms with Crippen LogP contribution in [-0.4, -0.2) is 90.6 Å². The highest BCUT2D eigenvalue weighted by atomic mass is 35.5. The highest BCUT2D eigenvalue weighted by Gasteiger charge is 2.30. The second kappa shape index (κ2) is 12.7. The first-order valence-electron chi connectivity index (χ1n) is 11.1. The maximum Gasteiger partial charge on any atom is 0.336 e. The highest BCUT2D eigenvalue weighted by Crippen LogP contribution is 2.31. The van der Waals surface area contributed by atoms with E-state index in [9.17, 15) is 35.1 Å². The molecule has 0 saturated carbocycles. The number of nitrogens with zero attached hydrogens (tertiary/aromatic N) is 2. The summed E-state index contributed by atoms with van der Waals surface area (Å²) in [5, 5.41) is 60.7. The van der Waals surface area contributed by atoms with Crippen LogP contribution < -0.4 is 16.8 Å². The third kappa shape index (κ3) is 6.58. The fourth-order valence-corrected chi connectivity index (χ4v) is 3.86. The number of carboxylic acid groups (broad SMARTS) is 1. The standard InChI is InChI=1S/C24H29N5O8.ClH/c1-29-16-6-11(15-8-13(28-24(25)26)4-5-14(15)23(36)37)2-3-12(16)7-17(29)22(35)27-9-18(31)20(33)21(34)19(32)10-30;/h2-8,18-21,30-34H,9-10H2,1H3,(H,27,35)(H,36,37)(H4,25,26,28);1H/t18-,19+,20+,21+;/m0./s1. The molecule has 11 N–H and O–H groups in total. The van der Waals surface area contributed by atoms with Gasteiger partial charge in [-0.3, -0.25) is 4.79 Å². The number of aromatic nitrogens is 1. The molecule has 13 nitrogen and oxygen atoms in total. The molecule has 0 aliphatic rings. The molecule has 206 valence electrons. The van der Waals surface area contributed by atoms with Crippen LogP contribution in [-0.2, 0) is 7.05 Å². The smallest absolute Gasteiger partial charge is 0.336 e. The van der Waals surface area contributed by atoms with Gasteiger partial charge < -0.3 is 52.0 Å². The number of rotatable bonds is 10. The maximum absolute atomic E-state index is 12.8. The average Bonchev–Trinajstić information content (AvgIpc) is 3.20. The zero-order valence-electron chi connectivity index (χ0n) is 20.2. The maximum atomic E-state index is 12.8. The first-order valence-corrected chi connectivity index (χ1v) is 11.1. The van der Waals surface area contributed by atoms with Gasteiger partial charge in [-0.05, 0) is 41.5 Å². The number of aryl methyl sites for hydroxylation is 1. The van der Waals surface area contributed by atoms with Gasteiger partial charge in [0, 0.05) is 24.5 Å². The molecule has 4 atom stereocenters. The number of nitrogens with two attached hydrogens (primary N) is 2. The predicted octanol–water partition coefficient (Wildman–Crippen LogP) is -0.964. The van der Waals surface area contributed by atoms with E-state index in [2.05, 4.69) is 10.3 Å². The van der Waals surface area contributed by atoms with Crippen molar-refractivity contribution in [3.05, 3.63) is 53.7 Å². The van der Waals surface area contributed by atoms with Crippen LogP contribution in [0.4, 0.5) is 5.69 Å². The topological polar surface area (TPSA) is 237 Å². The third-order valence-corrected chi connectivity index (χ3v) is 5.88. The van der Waals surface area contributed by atoms with Gasteiger partial charge in [-0.2, -0.15) is 0 Å². The van der Waals surface area contributed by atoms with Gasteiger partial charge in [-0.15, -0.1) is 12.4 Å². The van der Waals surface area contributed by atoms with Gasteiger partial charge in [-0.25, -0.2) is 9.79 Å². The molecule has 0 aliphatic carbocycles. The number of aliphatic hydroxyl groups excluding tert-OH is 5. The zero-order chi connectivity index (χ0) is 27.4. The average molecular weight is 552 g/mol. The van der Waals surface area contributed by atoms with Crippen LogP contribution in [0.5, 0.6) is 0 Å². The van der Waals surface area contributed by atoms with Gasteiger partial charge >= 0.3 is 5.97 Å². The van der Waals surface area contributed by atoms with Crippen LogP contribution in [0.1, 0.15) is 20.8 Å². The van der Waals surface area contributed by atoms with Crippen molar-refractivity contribution in [2.75, 3.05) is 13.2 Å². The summed E-state index contributed by atoms with van der Waals surface area (Å²) in [6.45, 7) is -1.26. The van der Waals surface area contributed by atoms with E-state index in [1.54, 1.807) is 35.9 Å². The fourth-order valence-electron chi connectivity index (χ4n) is 3.86. The van der Waals surface area contributed by atoms with E-state index in [1.807, 2.05) is 0 Å². The Morgan fingerprint density at radius 1 is 1.00 bits per heavy atom. The van der Waals surface area contributed by atoms with E-state index in [1.165, 1.54) is 18.2 Å². The van der Waals surface area contributed by atoms with Crippen molar-refractivity contribution in [1.82, 2.24) is 9.88 Å². The molecule has 14 heteroatoms. The summed E-state index contributed by atoms with van der Waals surface area (Å²) in [7, 11) is 1.63.